The van der Waals surface area contributed by atoms with Crippen LogP contribution >= 0.6 is 0 Å². The number of benzene rings is 1. The number of aromatic nitrogens is 2. The van der Waals surface area contributed by atoms with Crippen molar-refractivity contribution in [3.8, 4) is 0 Å². The smallest absolute Gasteiger partial charge is 0.279 e. The number of nitrogens with zero attached hydrogens (tertiary/aromatic N) is 1. The van der Waals surface area contributed by atoms with E-state index in [1.807, 2.05) is 30.3 Å². The van der Waals surface area contributed by atoms with Gasteiger partial charge in [0.2, 0.25) is 0 Å². The molecular weight excluding hydrogens is 294 g/mol. The van der Waals surface area contributed by atoms with Crippen molar-refractivity contribution < 1.29 is 9.90 Å². The highest BCUT2D eigenvalue weighted by atomic mass is 16.3. The predicted molar refractivity (Wildman–Crippen MR) is 87.3 cm³/mol. The molecule has 0 aliphatic rings. The summed E-state index contributed by atoms with van der Waals surface area (Å²) in [6.45, 7) is 3.52. The number of aromatic amines is 1. The molecule has 1 heterocycles. The third kappa shape index (κ3) is 4.26. The first-order valence-corrected chi connectivity index (χ1v) is 7.57. The molecular formula is C17H21N3O3. The number of aliphatic hydroxyl groups is 1. The summed E-state index contributed by atoms with van der Waals surface area (Å²) in [6, 6.07) is 9.19. The van der Waals surface area contributed by atoms with Gasteiger partial charge in [-0.15, -0.1) is 0 Å². The fourth-order valence-corrected chi connectivity index (χ4v) is 2.31. The van der Waals surface area contributed by atoms with Crippen molar-refractivity contribution in [2.24, 2.45) is 0 Å². The number of H-pyrrole nitrogens is 1. The van der Waals surface area contributed by atoms with E-state index in [2.05, 4.69) is 15.3 Å². The highest BCUT2D eigenvalue weighted by molar-refractivity contribution is 5.92. The second-order valence-corrected chi connectivity index (χ2v) is 5.43. The van der Waals surface area contributed by atoms with Crippen LogP contribution in [-0.2, 0) is 0 Å². The van der Waals surface area contributed by atoms with Gasteiger partial charge in [-0.05, 0) is 32.3 Å². The van der Waals surface area contributed by atoms with E-state index in [-0.39, 0.29) is 18.3 Å². The predicted octanol–water partition coefficient (Wildman–Crippen LogP) is 1.63. The second-order valence-electron chi connectivity index (χ2n) is 5.43. The number of hydrogen-bond acceptors (Lipinski definition) is 4. The summed E-state index contributed by atoms with van der Waals surface area (Å²) in [5.41, 5.74) is 1.54. The lowest BCUT2D eigenvalue weighted by Crippen LogP contribution is -2.34. The molecule has 3 N–H and O–H groups in total. The van der Waals surface area contributed by atoms with Gasteiger partial charge in [-0.2, -0.15) is 0 Å². The van der Waals surface area contributed by atoms with E-state index in [9.17, 15) is 9.59 Å². The molecule has 6 nitrogen and oxygen atoms in total. The van der Waals surface area contributed by atoms with Gasteiger partial charge in [-0.25, -0.2) is 4.98 Å². The van der Waals surface area contributed by atoms with Gasteiger partial charge in [0, 0.05) is 12.3 Å². The summed E-state index contributed by atoms with van der Waals surface area (Å²) in [7, 11) is 0. The lowest BCUT2D eigenvalue weighted by Gasteiger charge is -2.18. The van der Waals surface area contributed by atoms with Crippen LogP contribution < -0.4 is 10.9 Å². The standard InChI is InChI=1S/C17H21N3O3/c1-11-12(2)19-16(22)15(18-11)17(23)20-14(9-6-10-21)13-7-4-3-5-8-13/h3-5,7-8,14,21H,6,9-10H2,1-2H3,(H,19,22)(H,20,23). The second kappa shape index (κ2) is 7.69. The average Bonchev–Trinajstić information content (AvgIpc) is 2.55. The van der Waals surface area contributed by atoms with E-state index >= 15 is 0 Å². The molecule has 0 radical (unpaired) electrons. The van der Waals surface area contributed by atoms with Crippen LogP contribution in [0.4, 0.5) is 0 Å². The van der Waals surface area contributed by atoms with Gasteiger partial charge in [0.15, 0.2) is 5.69 Å². The van der Waals surface area contributed by atoms with Gasteiger partial charge in [0.1, 0.15) is 0 Å². The van der Waals surface area contributed by atoms with Crippen molar-refractivity contribution in [3.05, 3.63) is 63.3 Å². The summed E-state index contributed by atoms with van der Waals surface area (Å²) in [5.74, 6) is -0.513. The zero-order valence-corrected chi connectivity index (χ0v) is 13.3. The molecule has 1 atom stereocenters. The lowest BCUT2D eigenvalue weighted by atomic mass is 10.0. The van der Waals surface area contributed by atoms with Crippen LogP contribution in [0.2, 0.25) is 0 Å². The monoisotopic (exact) mass is 315 g/mol. The van der Waals surface area contributed by atoms with Crippen LogP contribution in [-0.4, -0.2) is 27.6 Å². The number of nitrogens with one attached hydrogen (secondary N) is 2. The largest absolute Gasteiger partial charge is 0.396 e. The molecule has 0 aliphatic heterocycles. The van der Waals surface area contributed by atoms with Crippen molar-refractivity contribution in [2.75, 3.05) is 6.61 Å². The molecule has 2 rings (SSSR count). The van der Waals surface area contributed by atoms with E-state index in [4.69, 9.17) is 5.11 Å². The van der Waals surface area contributed by atoms with Crippen molar-refractivity contribution in [1.29, 1.82) is 0 Å². The Bertz CT molecular complexity index is 726. The quantitative estimate of drug-likeness (QED) is 0.755. The molecule has 0 aliphatic carbocycles. The molecule has 1 aromatic carbocycles. The molecule has 122 valence electrons. The van der Waals surface area contributed by atoms with Crippen molar-refractivity contribution in [1.82, 2.24) is 15.3 Å². The molecule has 2 aromatic rings. The normalized spacial score (nSPS) is 12.0. The SMILES string of the molecule is Cc1nc(C(=O)NC(CCCO)c2ccccc2)c(=O)[nH]c1C. The van der Waals surface area contributed by atoms with Crippen LogP contribution in [0, 0.1) is 13.8 Å². The molecule has 0 saturated carbocycles. The minimum absolute atomic E-state index is 0.0433. The van der Waals surface area contributed by atoms with Crippen LogP contribution in [0.5, 0.6) is 0 Å². The Kier molecular flexibility index (Phi) is 5.65. The van der Waals surface area contributed by atoms with Gasteiger partial charge in [-0.1, -0.05) is 30.3 Å². The van der Waals surface area contributed by atoms with Gasteiger partial charge in [0.25, 0.3) is 11.5 Å². The number of amides is 1. The molecule has 1 unspecified atom stereocenters. The maximum atomic E-state index is 12.4. The van der Waals surface area contributed by atoms with Gasteiger partial charge >= 0.3 is 0 Å². The topological polar surface area (TPSA) is 95.1 Å². The van der Waals surface area contributed by atoms with Gasteiger partial charge in [0.05, 0.1) is 11.7 Å². The fourth-order valence-electron chi connectivity index (χ4n) is 2.31. The zero-order chi connectivity index (χ0) is 16.8. The zero-order valence-electron chi connectivity index (χ0n) is 13.3. The van der Waals surface area contributed by atoms with Crippen molar-refractivity contribution in [3.63, 3.8) is 0 Å². The molecule has 0 bridgehead atoms. The van der Waals surface area contributed by atoms with Crippen LogP contribution in [0.3, 0.4) is 0 Å². The summed E-state index contributed by atoms with van der Waals surface area (Å²) >= 11 is 0. The molecule has 23 heavy (non-hydrogen) atoms. The summed E-state index contributed by atoms with van der Waals surface area (Å²) in [5, 5.41) is 11.9. The number of hydrogen-bond donors (Lipinski definition) is 3. The van der Waals surface area contributed by atoms with E-state index in [0.717, 1.165) is 5.56 Å². The number of carbonyl (C=O) groups excluding carboxylic acids is 1. The number of rotatable bonds is 6. The first-order chi connectivity index (χ1) is 11.0. The Labute approximate surface area is 134 Å². The minimum Gasteiger partial charge on any atom is -0.396 e. The third-order valence-corrected chi connectivity index (χ3v) is 3.71. The van der Waals surface area contributed by atoms with Crippen molar-refractivity contribution in [2.45, 2.75) is 32.7 Å². The molecule has 1 amide bonds. The minimum atomic E-state index is -0.513. The maximum Gasteiger partial charge on any atom is 0.279 e. The number of aryl methyl sites for hydroxylation is 2. The summed E-state index contributed by atoms with van der Waals surface area (Å²) in [6.07, 6.45) is 1.13. The Morgan fingerprint density at radius 1 is 1.30 bits per heavy atom. The maximum absolute atomic E-state index is 12.4. The van der Waals surface area contributed by atoms with Crippen LogP contribution in [0.25, 0.3) is 0 Å². The van der Waals surface area contributed by atoms with Crippen LogP contribution in [0.15, 0.2) is 35.1 Å². The van der Waals surface area contributed by atoms with E-state index in [1.165, 1.54) is 0 Å². The fraction of sp³-hybridized carbons (Fsp3) is 0.353. The third-order valence-electron chi connectivity index (χ3n) is 3.71. The van der Waals surface area contributed by atoms with Crippen LogP contribution in [0.1, 0.15) is 46.3 Å². The molecule has 0 fully saturated rings. The first kappa shape index (κ1) is 16.9. The lowest BCUT2D eigenvalue weighted by molar-refractivity contribution is 0.0925. The number of carbonyl (C=O) groups is 1. The molecule has 6 heteroatoms. The molecule has 0 spiro atoms. The first-order valence-electron chi connectivity index (χ1n) is 7.57. The highest BCUT2D eigenvalue weighted by Gasteiger charge is 2.19. The molecule has 1 aromatic heterocycles. The van der Waals surface area contributed by atoms with Crippen molar-refractivity contribution >= 4 is 5.91 Å². The Hall–Kier alpha value is -2.47. The van der Waals surface area contributed by atoms with E-state index in [0.29, 0.717) is 24.2 Å². The summed E-state index contributed by atoms with van der Waals surface area (Å²) in [4.78, 5) is 31.1. The Morgan fingerprint density at radius 2 is 2.00 bits per heavy atom. The molecule has 0 saturated heterocycles. The highest BCUT2D eigenvalue weighted by Crippen LogP contribution is 2.18. The average molecular weight is 315 g/mol. The Balaban J connectivity index is 2.24. The Morgan fingerprint density at radius 3 is 2.65 bits per heavy atom. The van der Waals surface area contributed by atoms with Gasteiger partial charge < -0.3 is 15.4 Å². The number of aliphatic hydroxyl groups excluding tert-OH is 1. The van der Waals surface area contributed by atoms with E-state index in [1.54, 1.807) is 13.8 Å². The summed E-state index contributed by atoms with van der Waals surface area (Å²) < 4.78 is 0. The van der Waals surface area contributed by atoms with E-state index < -0.39 is 11.5 Å². The van der Waals surface area contributed by atoms with Gasteiger partial charge in [-0.3, -0.25) is 9.59 Å².